The zero-order valence-electron chi connectivity index (χ0n) is 9.76. The molecule has 0 aliphatic rings. The first-order chi connectivity index (χ1) is 8.69. The van der Waals surface area contributed by atoms with Gasteiger partial charge >= 0.3 is 0 Å². The van der Waals surface area contributed by atoms with Gasteiger partial charge in [-0.15, -0.1) is 0 Å². The minimum Gasteiger partial charge on any atom is -0.481 e. The van der Waals surface area contributed by atoms with E-state index < -0.39 is 0 Å². The fourth-order valence-corrected chi connectivity index (χ4v) is 1.85. The Morgan fingerprint density at radius 2 is 2.00 bits per heavy atom. The summed E-state index contributed by atoms with van der Waals surface area (Å²) >= 11 is 2.20. The second kappa shape index (κ2) is 5.90. The molecule has 1 aromatic carbocycles. The van der Waals surface area contributed by atoms with Crippen molar-refractivity contribution in [2.45, 2.75) is 6.42 Å². The van der Waals surface area contributed by atoms with Gasteiger partial charge in [-0.3, -0.25) is 4.79 Å². The quantitative estimate of drug-likeness (QED) is 0.626. The standard InChI is InChI=1S/C13H11IN2O2/c1-18-13-7-11(15-8-16-13)6-12(17)9-2-4-10(14)5-3-9/h2-5,7-8H,6H2,1H3. The second-order valence-corrected chi connectivity index (χ2v) is 4.90. The third kappa shape index (κ3) is 3.25. The lowest BCUT2D eigenvalue weighted by molar-refractivity contribution is 0.0992. The van der Waals surface area contributed by atoms with E-state index in [-0.39, 0.29) is 12.2 Å². The van der Waals surface area contributed by atoms with Gasteiger partial charge in [0, 0.05) is 15.2 Å². The fraction of sp³-hybridized carbons (Fsp3) is 0.154. The average Bonchev–Trinajstić information content (AvgIpc) is 2.39. The molecule has 1 heterocycles. The molecule has 2 rings (SSSR count). The molecule has 0 N–H and O–H groups in total. The molecule has 0 aliphatic heterocycles. The lowest BCUT2D eigenvalue weighted by Crippen LogP contribution is -2.05. The Kier molecular flexibility index (Phi) is 4.24. The van der Waals surface area contributed by atoms with Crippen molar-refractivity contribution in [3.05, 3.63) is 51.5 Å². The summed E-state index contributed by atoms with van der Waals surface area (Å²) in [6.45, 7) is 0. The van der Waals surface area contributed by atoms with Crippen LogP contribution in [0.3, 0.4) is 0 Å². The molecule has 1 aromatic heterocycles. The highest BCUT2D eigenvalue weighted by Crippen LogP contribution is 2.11. The Labute approximate surface area is 119 Å². The van der Waals surface area contributed by atoms with Gasteiger partial charge in [-0.2, -0.15) is 0 Å². The normalized spacial score (nSPS) is 10.1. The molecule has 2 aromatic rings. The highest BCUT2D eigenvalue weighted by Gasteiger charge is 2.08. The Hall–Kier alpha value is -1.50. The van der Waals surface area contributed by atoms with E-state index in [2.05, 4.69) is 32.6 Å². The maximum Gasteiger partial charge on any atom is 0.216 e. The largest absolute Gasteiger partial charge is 0.481 e. The third-order valence-electron chi connectivity index (χ3n) is 2.42. The van der Waals surface area contributed by atoms with Crippen LogP contribution in [-0.4, -0.2) is 22.9 Å². The first-order valence-electron chi connectivity index (χ1n) is 5.32. The molecule has 0 unspecified atom stereocenters. The Balaban J connectivity index is 2.13. The van der Waals surface area contributed by atoms with Gasteiger partial charge in [-0.05, 0) is 34.7 Å². The lowest BCUT2D eigenvalue weighted by Gasteiger charge is -2.03. The van der Waals surface area contributed by atoms with Crippen LogP contribution in [-0.2, 0) is 6.42 Å². The molecule has 0 saturated carbocycles. The van der Waals surface area contributed by atoms with E-state index in [4.69, 9.17) is 4.74 Å². The maximum atomic E-state index is 12.0. The predicted molar refractivity (Wildman–Crippen MR) is 75.8 cm³/mol. The Morgan fingerprint density at radius 3 is 2.67 bits per heavy atom. The van der Waals surface area contributed by atoms with Crippen molar-refractivity contribution in [1.82, 2.24) is 9.97 Å². The number of benzene rings is 1. The molecule has 0 radical (unpaired) electrons. The predicted octanol–water partition coefficient (Wildman–Crippen LogP) is 2.52. The zero-order chi connectivity index (χ0) is 13.0. The molecule has 92 valence electrons. The molecule has 0 fully saturated rings. The molecule has 0 amide bonds. The summed E-state index contributed by atoms with van der Waals surface area (Å²) in [5.41, 5.74) is 1.35. The summed E-state index contributed by atoms with van der Waals surface area (Å²) in [5.74, 6) is 0.502. The monoisotopic (exact) mass is 354 g/mol. The highest BCUT2D eigenvalue weighted by molar-refractivity contribution is 14.1. The Morgan fingerprint density at radius 1 is 1.28 bits per heavy atom. The number of carbonyl (C=O) groups excluding carboxylic acids is 1. The van der Waals surface area contributed by atoms with Crippen molar-refractivity contribution in [1.29, 1.82) is 0 Å². The molecule has 4 nitrogen and oxygen atoms in total. The summed E-state index contributed by atoms with van der Waals surface area (Å²) in [6.07, 6.45) is 1.65. The summed E-state index contributed by atoms with van der Waals surface area (Å²) in [7, 11) is 1.53. The van der Waals surface area contributed by atoms with Crippen LogP contribution < -0.4 is 4.74 Å². The van der Waals surface area contributed by atoms with Crippen LogP contribution in [0.15, 0.2) is 36.7 Å². The highest BCUT2D eigenvalue weighted by atomic mass is 127. The number of Topliss-reactive ketones (excluding diaryl/α,β-unsaturated/α-hetero) is 1. The van der Waals surface area contributed by atoms with Crippen molar-refractivity contribution in [2.75, 3.05) is 7.11 Å². The number of halogens is 1. The minimum atomic E-state index is 0.0344. The molecule has 0 bridgehead atoms. The summed E-state index contributed by atoms with van der Waals surface area (Å²) in [6, 6.07) is 9.14. The van der Waals surface area contributed by atoms with E-state index in [0.29, 0.717) is 17.1 Å². The van der Waals surface area contributed by atoms with E-state index in [1.165, 1.54) is 13.4 Å². The molecular weight excluding hydrogens is 343 g/mol. The van der Waals surface area contributed by atoms with Gasteiger partial charge in [0.15, 0.2) is 5.78 Å². The molecule has 5 heteroatoms. The zero-order valence-corrected chi connectivity index (χ0v) is 11.9. The van der Waals surface area contributed by atoms with Crippen LogP contribution in [0.5, 0.6) is 5.88 Å². The number of nitrogens with zero attached hydrogens (tertiary/aromatic N) is 2. The molecule has 18 heavy (non-hydrogen) atoms. The van der Waals surface area contributed by atoms with Crippen molar-refractivity contribution in [2.24, 2.45) is 0 Å². The average molecular weight is 354 g/mol. The van der Waals surface area contributed by atoms with Gasteiger partial charge in [0.1, 0.15) is 6.33 Å². The van der Waals surface area contributed by atoms with E-state index in [9.17, 15) is 4.79 Å². The number of ether oxygens (including phenoxy) is 1. The van der Waals surface area contributed by atoms with E-state index in [1.807, 2.05) is 24.3 Å². The second-order valence-electron chi connectivity index (χ2n) is 3.66. The first kappa shape index (κ1) is 12.9. The smallest absolute Gasteiger partial charge is 0.216 e. The van der Waals surface area contributed by atoms with Crippen LogP contribution in [0.25, 0.3) is 0 Å². The van der Waals surface area contributed by atoms with Crippen molar-refractivity contribution in [3.8, 4) is 5.88 Å². The van der Waals surface area contributed by atoms with Crippen LogP contribution in [0.4, 0.5) is 0 Å². The van der Waals surface area contributed by atoms with Gasteiger partial charge in [0.25, 0.3) is 0 Å². The van der Waals surface area contributed by atoms with Crippen molar-refractivity contribution >= 4 is 28.4 Å². The number of methoxy groups -OCH3 is 1. The summed E-state index contributed by atoms with van der Waals surface area (Å²) in [4.78, 5) is 20.0. The Bertz CT molecular complexity index is 555. The van der Waals surface area contributed by atoms with Crippen molar-refractivity contribution in [3.63, 3.8) is 0 Å². The molecular formula is C13H11IN2O2. The van der Waals surface area contributed by atoms with Crippen molar-refractivity contribution < 1.29 is 9.53 Å². The summed E-state index contributed by atoms with van der Waals surface area (Å²) in [5, 5.41) is 0. The van der Waals surface area contributed by atoms with E-state index >= 15 is 0 Å². The molecule has 0 saturated heterocycles. The third-order valence-corrected chi connectivity index (χ3v) is 3.13. The maximum absolute atomic E-state index is 12.0. The van der Waals surface area contributed by atoms with E-state index in [0.717, 1.165) is 3.57 Å². The topological polar surface area (TPSA) is 52.1 Å². The molecule has 0 spiro atoms. The van der Waals surface area contributed by atoms with Crippen LogP contribution in [0.1, 0.15) is 16.1 Å². The number of hydrogen-bond donors (Lipinski definition) is 0. The first-order valence-corrected chi connectivity index (χ1v) is 6.40. The number of carbonyl (C=O) groups is 1. The number of aromatic nitrogens is 2. The van der Waals surface area contributed by atoms with Crippen LogP contribution >= 0.6 is 22.6 Å². The minimum absolute atomic E-state index is 0.0344. The number of rotatable bonds is 4. The fourth-order valence-electron chi connectivity index (χ4n) is 1.49. The lowest BCUT2D eigenvalue weighted by atomic mass is 10.1. The van der Waals surface area contributed by atoms with Crippen LogP contribution in [0, 0.1) is 3.57 Å². The van der Waals surface area contributed by atoms with Gasteiger partial charge in [0.2, 0.25) is 5.88 Å². The van der Waals surface area contributed by atoms with Gasteiger partial charge in [-0.1, -0.05) is 12.1 Å². The summed E-state index contributed by atoms with van der Waals surface area (Å²) < 4.78 is 6.10. The van der Waals surface area contributed by atoms with Gasteiger partial charge < -0.3 is 4.74 Å². The number of ketones is 1. The number of hydrogen-bond acceptors (Lipinski definition) is 4. The van der Waals surface area contributed by atoms with Gasteiger partial charge in [0.05, 0.1) is 19.2 Å². The van der Waals surface area contributed by atoms with Crippen LogP contribution in [0.2, 0.25) is 0 Å². The molecule has 0 aliphatic carbocycles. The SMILES string of the molecule is COc1cc(CC(=O)c2ccc(I)cc2)ncn1. The van der Waals surface area contributed by atoms with E-state index in [1.54, 1.807) is 6.07 Å². The van der Waals surface area contributed by atoms with Gasteiger partial charge in [-0.25, -0.2) is 9.97 Å². The molecule has 0 atom stereocenters.